The molecule has 0 atom stereocenters. The number of benzene rings is 1. The minimum atomic E-state index is -0.949. The van der Waals surface area contributed by atoms with Crippen molar-refractivity contribution in [3.05, 3.63) is 41.7 Å². The number of anilines is 1. The molecule has 0 spiro atoms. The van der Waals surface area contributed by atoms with Gasteiger partial charge < -0.3 is 5.73 Å². The van der Waals surface area contributed by atoms with Crippen molar-refractivity contribution in [2.45, 2.75) is 6.54 Å². The minimum absolute atomic E-state index is 0.199. The second-order valence-corrected chi connectivity index (χ2v) is 3.07. The van der Waals surface area contributed by atoms with Crippen molar-refractivity contribution in [1.29, 1.82) is 0 Å². The number of nitrogens with zero attached hydrogens (tertiary/aromatic N) is 3. The summed E-state index contributed by atoms with van der Waals surface area (Å²) in [6, 6.07) is 2.02. The average Bonchev–Trinajstić information content (AvgIpc) is 2.67. The van der Waals surface area contributed by atoms with Gasteiger partial charge in [0.15, 0.2) is 11.6 Å². The van der Waals surface area contributed by atoms with Crippen LogP contribution in [-0.4, -0.2) is 15.0 Å². The lowest BCUT2D eigenvalue weighted by Crippen LogP contribution is -2.05. The Hall–Kier alpha value is -1.98. The fraction of sp³-hybridized carbons (Fsp3) is 0.111. The van der Waals surface area contributed by atoms with Crippen LogP contribution in [0.25, 0.3) is 0 Å². The lowest BCUT2D eigenvalue weighted by atomic mass is 10.1. The zero-order valence-electron chi connectivity index (χ0n) is 7.69. The molecule has 0 bridgehead atoms. The molecule has 1 aromatic carbocycles. The van der Waals surface area contributed by atoms with Crippen LogP contribution < -0.4 is 5.73 Å². The first-order valence-corrected chi connectivity index (χ1v) is 4.24. The number of nitrogens with two attached hydrogens (primary N) is 1. The molecule has 1 heterocycles. The molecule has 0 unspecified atom stereocenters. The maximum atomic E-state index is 12.9. The molecule has 2 rings (SSSR count). The van der Waals surface area contributed by atoms with E-state index in [1.54, 1.807) is 6.20 Å². The smallest absolute Gasteiger partial charge is 0.160 e. The topological polar surface area (TPSA) is 56.7 Å². The van der Waals surface area contributed by atoms with Gasteiger partial charge in [0.25, 0.3) is 0 Å². The number of rotatable bonds is 2. The third-order valence-corrected chi connectivity index (χ3v) is 1.99. The largest absolute Gasteiger partial charge is 0.398 e. The third kappa shape index (κ3) is 1.93. The van der Waals surface area contributed by atoms with Crippen molar-refractivity contribution in [2.24, 2.45) is 0 Å². The zero-order chi connectivity index (χ0) is 10.8. The number of aromatic nitrogens is 3. The Balaban J connectivity index is 2.33. The Labute approximate surface area is 84.3 Å². The Kier molecular flexibility index (Phi) is 2.32. The summed E-state index contributed by atoms with van der Waals surface area (Å²) in [6.45, 7) is 0.267. The third-order valence-electron chi connectivity index (χ3n) is 1.99. The number of halogens is 2. The van der Waals surface area contributed by atoms with Crippen LogP contribution in [0.4, 0.5) is 14.5 Å². The normalized spacial score (nSPS) is 10.5. The highest BCUT2D eigenvalue weighted by Crippen LogP contribution is 2.17. The lowest BCUT2D eigenvalue weighted by Gasteiger charge is -2.05. The summed E-state index contributed by atoms with van der Waals surface area (Å²) >= 11 is 0. The van der Waals surface area contributed by atoms with Gasteiger partial charge in [0.2, 0.25) is 0 Å². The van der Waals surface area contributed by atoms with Crippen molar-refractivity contribution in [2.75, 3.05) is 5.73 Å². The highest BCUT2D eigenvalue weighted by Gasteiger charge is 2.08. The summed E-state index contributed by atoms with van der Waals surface area (Å²) in [5, 5.41) is 7.29. The molecule has 0 aliphatic rings. The van der Waals surface area contributed by atoms with Crippen molar-refractivity contribution in [3.8, 4) is 0 Å². The summed E-state index contributed by atoms with van der Waals surface area (Å²) < 4.78 is 27.1. The van der Waals surface area contributed by atoms with Crippen molar-refractivity contribution < 1.29 is 8.78 Å². The standard InChI is InChI=1S/C9H8F2N4/c10-7-3-6(9(12)4-8(7)11)5-15-2-1-13-14-15/h1-4H,5,12H2. The molecule has 6 heteroatoms. The minimum Gasteiger partial charge on any atom is -0.398 e. The first kappa shape index (κ1) is 9.57. The van der Waals surface area contributed by atoms with Crippen LogP contribution in [0.1, 0.15) is 5.56 Å². The Bertz CT molecular complexity index is 467. The number of hydrogen-bond acceptors (Lipinski definition) is 3. The van der Waals surface area contributed by atoms with Gasteiger partial charge in [0.1, 0.15) is 0 Å². The van der Waals surface area contributed by atoms with E-state index in [9.17, 15) is 8.78 Å². The Morgan fingerprint density at radius 1 is 1.27 bits per heavy atom. The fourth-order valence-corrected chi connectivity index (χ4v) is 1.23. The molecule has 0 fully saturated rings. The van der Waals surface area contributed by atoms with E-state index in [-0.39, 0.29) is 12.2 Å². The summed E-state index contributed by atoms with van der Waals surface area (Å²) in [5.41, 5.74) is 6.21. The first-order chi connectivity index (χ1) is 7.16. The highest BCUT2D eigenvalue weighted by molar-refractivity contribution is 5.47. The van der Waals surface area contributed by atoms with Crippen molar-refractivity contribution in [1.82, 2.24) is 15.0 Å². The predicted octanol–water partition coefficient (Wildman–Crippen LogP) is 1.19. The number of hydrogen-bond donors (Lipinski definition) is 1. The van der Waals surface area contributed by atoms with Gasteiger partial charge in [0.05, 0.1) is 12.7 Å². The molecule has 2 N–H and O–H groups in total. The number of nitrogen functional groups attached to an aromatic ring is 1. The highest BCUT2D eigenvalue weighted by atomic mass is 19.2. The van der Waals surface area contributed by atoms with Crippen LogP contribution in [0, 0.1) is 11.6 Å². The summed E-state index contributed by atoms with van der Waals surface area (Å²) in [7, 11) is 0. The molecule has 15 heavy (non-hydrogen) atoms. The van der Waals surface area contributed by atoms with Gasteiger partial charge in [-0.25, -0.2) is 13.5 Å². The van der Waals surface area contributed by atoms with Gasteiger partial charge in [-0.15, -0.1) is 5.10 Å². The molecule has 0 saturated heterocycles. The van der Waals surface area contributed by atoms with Gasteiger partial charge in [-0.2, -0.15) is 0 Å². The van der Waals surface area contributed by atoms with Crippen LogP contribution in [0.2, 0.25) is 0 Å². The van der Waals surface area contributed by atoms with E-state index in [4.69, 9.17) is 5.73 Å². The average molecular weight is 210 g/mol. The monoisotopic (exact) mass is 210 g/mol. The van der Waals surface area contributed by atoms with E-state index in [1.807, 2.05) is 0 Å². The fourth-order valence-electron chi connectivity index (χ4n) is 1.23. The van der Waals surface area contributed by atoms with Crippen molar-refractivity contribution in [3.63, 3.8) is 0 Å². The van der Waals surface area contributed by atoms with E-state index in [0.29, 0.717) is 5.56 Å². The molecule has 0 amide bonds. The lowest BCUT2D eigenvalue weighted by molar-refractivity contribution is 0.506. The summed E-state index contributed by atoms with van der Waals surface area (Å²) in [5.74, 6) is -1.87. The quantitative estimate of drug-likeness (QED) is 0.757. The molecule has 0 aliphatic carbocycles. The van der Waals surface area contributed by atoms with E-state index in [0.717, 1.165) is 12.1 Å². The van der Waals surface area contributed by atoms with Gasteiger partial charge in [-0.1, -0.05) is 5.21 Å². The molecule has 2 aromatic rings. The molecule has 78 valence electrons. The van der Waals surface area contributed by atoms with Crippen LogP contribution in [0.3, 0.4) is 0 Å². The van der Waals surface area contributed by atoms with Gasteiger partial charge in [-0.05, 0) is 11.6 Å². The predicted molar refractivity (Wildman–Crippen MR) is 49.9 cm³/mol. The van der Waals surface area contributed by atoms with E-state index >= 15 is 0 Å². The molecule has 0 radical (unpaired) electrons. The van der Waals surface area contributed by atoms with Crippen LogP contribution in [0.15, 0.2) is 24.5 Å². The molecular formula is C9H8F2N4. The zero-order valence-corrected chi connectivity index (χ0v) is 7.69. The maximum Gasteiger partial charge on any atom is 0.160 e. The Morgan fingerprint density at radius 3 is 2.67 bits per heavy atom. The SMILES string of the molecule is Nc1cc(F)c(F)cc1Cn1ccnn1. The van der Waals surface area contributed by atoms with E-state index < -0.39 is 11.6 Å². The van der Waals surface area contributed by atoms with Gasteiger partial charge in [-0.3, -0.25) is 0 Å². The van der Waals surface area contributed by atoms with Crippen LogP contribution >= 0.6 is 0 Å². The molecule has 0 saturated carbocycles. The van der Waals surface area contributed by atoms with E-state index in [1.165, 1.54) is 10.9 Å². The van der Waals surface area contributed by atoms with Gasteiger partial charge in [0, 0.05) is 18.0 Å². The molecular weight excluding hydrogens is 202 g/mol. The van der Waals surface area contributed by atoms with Crippen molar-refractivity contribution >= 4 is 5.69 Å². The second kappa shape index (κ2) is 3.64. The Morgan fingerprint density at radius 2 is 2.00 bits per heavy atom. The summed E-state index contributed by atoms with van der Waals surface area (Å²) in [6.07, 6.45) is 3.11. The van der Waals surface area contributed by atoms with Gasteiger partial charge >= 0.3 is 0 Å². The maximum absolute atomic E-state index is 12.9. The molecule has 4 nitrogen and oxygen atoms in total. The van der Waals surface area contributed by atoms with Crippen LogP contribution in [-0.2, 0) is 6.54 Å². The second-order valence-electron chi connectivity index (χ2n) is 3.07. The summed E-state index contributed by atoms with van der Waals surface area (Å²) in [4.78, 5) is 0. The van der Waals surface area contributed by atoms with E-state index in [2.05, 4.69) is 10.3 Å². The molecule has 0 aliphatic heterocycles. The van der Waals surface area contributed by atoms with Crippen LogP contribution in [0.5, 0.6) is 0 Å². The first-order valence-electron chi connectivity index (χ1n) is 4.24. The molecule has 1 aromatic heterocycles.